The zero-order chi connectivity index (χ0) is 19.8. The van der Waals surface area contributed by atoms with Crippen LogP contribution < -0.4 is 10.5 Å². The normalized spacial score (nSPS) is 12.3. The third kappa shape index (κ3) is 4.37. The zero-order valence-electron chi connectivity index (χ0n) is 15.5. The highest BCUT2D eigenvalue weighted by molar-refractivity contribution is 7.89. The summed E-state index contributed by atoms with van der Waals surface area (Å²) in [5, 5.41) is 8.89. The number of nitrogens with one attached hydrogen (secondary N) is 2. The molecule has 6 nitrogen and oxygen atoms in total. The largest absolute Gasteiger partial charge is 0.351 e. The van der Waals surface area contributed by atoms with E-state index >= 15 is 0 Å². The van der Waals surface area contributed by atoms with Crippen LogP contribution in [0, 0.1) is 0 Å². The maximum absolute atomic E-state index is 12.5. The molecule has 3 aromatic rings. The molecule has 142 valence electrons. The van der Waals surface area contributed by atoms with Gasteiger partial charge in [0, 0.05) is 17.4 Å². The summed E-state index contributed by atoms with van der Waals surface area (Å²) in [5.41, 5.74) is 3.22. The van der Waals surface area contributed by atoms with Crippen molar-refractivity contribution >= 4 is 26.8 Å². The first-order chi connectivity index (χ1) is 12.5. The Kier molecular flexibility index (Phi) is 4.84. The van der Waals surface area contributed by atoms with E-state index < -0.39 is 10.0 Å². The molecule has 1 amide bonds. The summed E-state index contributed by atoms with van der Waals surface area (Å²) in [6.07, 6.45) is 0. The number of rotatable bonds is 4. The first kappa shape index (κ1) is 19.1. The number of H-pyrrole nitrogens is 1. The Morgan fingerprint density at radius 2 is 1.85 bits per heavy atom. The van der Waals surface area contributed by atoms with Gasteiger partial charge in [-0.2, -0.15) is 0 Å². The topological polar surface area (TPSA) is 105 Å². The Morgan fingerprint density at radius 1 is 1.11 bits per heavy atom. The summed E-state index contributed by atoms with van der Waals surface area (Å²) < 4.78 is 22.9. The van der Waals surface area contributed by atoms with Gasteiger partial charge in [0.2, 0.25) is 10.0 Å². The van der Waals surface area contributed by atoms with Gasteiger partial charge in [-0.15, -0.1) is 0 Å². The van der Waals surface area contributed by atoms with Gasteiger partial charge in [0.05, 0.1) is 4.90 Å². The second-order valence-electron chi connectivity index (χ2n) is 7.61. The molecule has 7 heteroatoms. The maximum atomic E-state index is 12.5. The standard InChI is InChI=1S/C20H23N3O3S/c1-20(2,3)15-8-7-14-10-18(23-17(14)11-15)19(24)22-12-13-5-4-6-16(9-13)27(21,25)26/h4-11,23H,12H2,1-3H3,(H,22,24)(H2,21,25,26). The van der Waals surface area contributed by atoms with Gasteiger partial charge in [-0.3, -0.25) is 4.79 Å². The third-order valence-corrected chi connectivity index (χ3v) is 5.32. The van der Waals surface area contributed by atoms with Gasteiger partial charge in [0.15, 0.2) is 0 Å². The second-order valence-corrected chi connectivity index (χ2v) is 9.17. The molecule has 0 unspecified atom stereocenters. The second kappa shape index (κ2) is 6.83. The van der Waals surface area contributed by atoms with Crippen LogP contribution in [0.2, 0.25) is 0 Å². The first-order valence-corrected chi connectivity index (χ1v) is 10.1. The van der Waals surface area contributed by atoms with Crippen molar-refractivity contribution in [2.24, 2.45) is 5.14 Å². The summed E-state index contributed by atoms with van der Waals surface area (Å²) in [4.78, 5) is 15.6. The maximum Gasteiger partial charge on any atom is 0.267 e. The lowest BCUT2D eigenvalue weighted by Gasteiger charge is -2.18. The van der Waals surface area contributed by atoms with Crippen LogP contribution in [0.5, 0.6) is 0 Å². The smallest absolute Gasteiger partial charge is 0.267 e. The summed E-state index contributed by atoms with van der Waals surface area (Å²) in [6, 6.07) is 14.1. The molecule has 0 saturated heterocycles. The van der Waals surface area contributed by atoms with Crippen LogP contribution in [0.15, 0.2) is 53.4 Å². The Labute approximate surface area is 158 Å². The number of fused-ring (bicyclic) bond motifs is 1. The molecule has 1 heterocycles. The van der Waals surface area contributed by atoms with Crippen LogP contribution in [0.3, 0.4) is 0 Å². The van der Waals surface area contributed by atoms with Crippen molar-refractivity contribution in [1.29, 1.82) is 0 Å². The fourth-order valence-electron chi connectivity index (χ4n) is 2.83. The van der Waals surface area contributed by atoms with E-state index in [0.29, 0.717) is 11.3 Å². The van der Waals surface area contributed by atoms with Crippen molar-refractivity contribution in [2.75, 3.05) is 0 Å². The van der Waals surface area contributed by atoms with Crippen LogP contribution >= 0.6 is 0 Å². The molecular weight excluding hydrogens is 362 g/mol. The fourth-order valence-corrected chi connectivity index (χ4v) is 3.41. The molecule has 0 fully saturated rings. The van der Waals surface area contributed by atoms with Crippen molar-refractivity contribution in [3.63, 3.8) is 0 Å². The van der Waals surface area contributed by atoms with Gasteiger partial charge >= 0.3 is 0 Å². The van der Waals surface area contributed by atoms with E-state index in [1.165, 1.54) is 17.7 Å². The lowest BCUT2D eigenvalue weighted by molar-refractivity contribution is 0.0946. The number of aromatic nitrogens is 1. The highest BCUT2D eigenvalue weighted by Crippen LogP contribution is 2.26. The number of hydrogen-bond donors (Lipinski definition) is 3. The average molecular weight is 385 g/mol. The predicted molar refractivity (Wildman–Crippen MR) is 106 cm³/mol. The average Bonchev–Trinajstić information content (AvgIpc) is 3.01. The molecule has 0 radical (unpaired) electrons. The Bertz CT molecular complexity index is 1110. The van der Waals surface area contributed by atoms with E-state index in [-0.39, 0.29) is 22.8 Å². The Morgan fingerprint density at radius 3 is 2.52 bits per heavy atom. The molecule has 1 aromatic heterocycles. The quantitative estimate of drug-likeness (QED) is 0.643. The lowest BCUT2D eigenvalue weighted by Crippen LogP contribution is -2.23. The number of nitrogens with two attached hydrogens (primary N) is 1. The van der Waals surface area contributed by atoms with Gasteiger partial charge in [-0.05, 0) is 40.8 Å². The number of carbonyl (C=O) groups is 1. The van der Waals surface area contributed by atoms with E-state index in [1.54, 1.807) is 18.2 Å². The molecular formula is C20H23N3O3S. The number of hydrogen-bond acceptors (Lipinski definition) is 3. The molecule has 0 saturated carbocycles. The fraction of sp³-hybridized carbons (Fsp3) is 0.250. The minimum absolute atomic E-state index is 0.0228. The van der Waals surface area contributed by atoms with Crippen molar-refractivity contribution in [1.82, 2.24) is 10.3 Å². The van der Waals surface area contributed by atoms with Gasteiger partial charge in [0.1, 0.15) is 5.69 Å². The molecule has 3 rings (SSSR count). The predicted octanol–water partition coefficient (Wildman–Crippen LogP) is 3.04. The number of amides is 1. The van der Waals surface area contributed by atoms with Crippen LogP contribution in [-0.4, -0.2) is 19.3 Å². The molecule has 0 aliphatic carbocycles. The SMILES string of the molecule is CC(C)(C)c1ccc2cc(C(=O)NCc3cccc(S(N)(=O)=O)c3)[nH]c2c1. The van der Waals surface area contributed by atoms with E-state index in [0.717, 1.165) is 10.9 Å². The summed E-state index contributed by atoms with van der Waals surface area (Å²) in [7, 11) is -3.77. The molecule has 0 atom stereocenters. The van der Waals surface area contributed by atoms with Crippen LogP contribution in [0.25, 0.3) is 10.9 Å². The van der Waals surface area contributed by atoms with Gasteiger partial charge < -0.3 is 10.3 Å². The summed E-state index contributed by atoms with van der Waals surface area (Å²) in [6.45, 7) is 6.62. The molecule has 0 bridgehead atoms. The molecule has 0 aliphatic rings. The van der Waals surface area contributed by atoms with E-state index in [1.807, 2.05) is 6.07 Å². The third-order valence-electron chi connectivity index (χ3n) is 4.41. The Hall–Kier alpha value is -2.64. The monoisotopic (exact) mass is 385 g/mol. The van der Waals surface area contributed by atoms with Gasteiger partial charge in [-0.25, -0.2) is 13.6 Å². The van der Waals surface area contributed by atoms with Crippen molar-refractivity contribution in [2.45, 2.75) is 37.6 Å². The highest BCUT2D eigenvalue weighted by atomic mass is 32.2. The molecule has 4 N–H and O–H groups in total. The molecule has 27 heavy (non-hydrogen) atoms. The molecule has 2 aromatic carbocycles. The minimum atomic E-state index is -3.77. The summed E-state index contributed by atoms with van der Waals surface area (Å²) >= 11 is 0. The Balaban J connectivity index is 1.77. The van der Waals surface area contributed by atoms with E-state index in [2.05, 4.69) is 43.2 Å². The number of primary sulfonamides is 1. The van der Waals surface area contributed by atoms with Crippen LogP contribution in [-0.2, 0) is 22.0 Å². The van der Waals surface area contributed by atoms with E-state index in [9.17, 15) is 13.2 Å². The highest BCUT2D eigenvalue weighted by Gasteiger charge is 2.16. The van der Waals surface area contributed by atoms with Gasteiger partial charge in [0.25, 0.3) is 5.91 Å². The molecule has 0 spiro atoms. The number of aromatic amines is 1. The number of sulfonamides is 1. The van der Waals surface area contributed by atoms with Crippen LogP contribution in [0.4, 0.5) is 0 Å². The van der Waals surface area contributed by atoms with E-state index in [4.69, 9.17) is 5.14 Å². The molecule has 0 aliphatic heterocycles. The van der Waals surface area contributed by atoms with Crippen molar-refractivity contribution in [3.8, 4) is 0 Å². The number of benzene rings is 2. The summed E-state index contributed by atoms with van der Waals surface area (Å²) in [5.74, 6) is -0.260. The zero-order valence-corrected chi connectivity index (χ0v) is 16.4. The first-order valence-electron chi connectivity index (χ1n) is 8.57. The van der Waals surface area contributed by atoms with Crippen molar-refractivity contribution in [3.05, 3.63) is 65.4 Å². The lowest BCUT2D eigenvalue weighted by atomic mass is 9.87. The van der Waals surface area contributed by atoms with Crippen molar-refractivity contribution < 1.29 is 13.2 Å². The number of carbonyl (C=O) groups excluding carboxylic acids is 1. The van der Waals surface area contributed by atoms with Gasteiger partial charge in [-0.1, -0.05) is 45.0 Å². The minimum Gasteiger partial charge on any atom is -0.351 e. The van der Waals surface area contributed by atoms with Crippen LogP contribution in [0.1, 0.15) is 42.4 Å².